The van der Waals surface area contributed by atoms with E-state index in [-0.39, 0.29) is 11.4 Å². The van der Waals surface area contributed by atoms with Gasteiger partial charge in [0.1, 0.15) is 6.04 Å². The van der Waals surface area contributed by atoms with Gasteiger partial charge in [0.05, 0.1) is 28.6 Å². The first kappa shape index (κ1) is 14.2. The molecular formula is C16H13N5O3. The van der Waals surface area contributed by atoms with E-state index in [9.17, 15) is 14.7 Å². The molecule has 8 heteroatoms. The van der Waals surface area contributed by atoms with Gasteiger partial charge in [-0.25, -0.2) is 4.98 Å². The molecule has 120 valence electrons. The molecule has 0 fully saturated rings. The van der Waals surface area contributed by atoms with Gasteiger partial charge in [-0.05, 0) is 31.2 Å². The van der Waals surface area contributed by atoms with Crippen LogP contribution in [0.15, 0.2) is 48.1 Å². The standard InChI is InChI=1S/C16H13N5O3/c1-8(22)13-14(11-4-5-19-20-11)21(16(24)15(13)23)9-2-3-10-12(6-9)18-7-17-10/h2-7,14,23H,1H3,(H,17,18)(H,19,20). The van der Waals surface area contributed by atoms with Gasteiger partial charge in [-0.1, -0.05) is 0 Å². The Bertz CT molecular complexity index is 986. The Labute approximate surface area is 135 Å². The van der Waals surface area contributed by atoms with Crippen molar-refractivity contribution in [3.8, 4) is 0 Å². The molecule has 1 aromatic carbocycles. The predicted molar refractivity (Wildman–Crippen MR) is 85.2 cm³/mol. The zero-order valence-electron chi connectivity index (χ0n) is 12.6. The number of fused-ring (bicyclic) bond motifs is 1. The molecule has 1 amide bonds. The van der Waals surface area contributed by atoms with Crippen molar-refractivity contribution in [1.82, 2.24) is 20.2 Å². The second-order valence-corrected chi connectivity index (χ2v) is 5.50. The summed E-state index contributed by atoms with van der Waals surface area (Å²) in [6, 6.07) is 6.13. The SMILES string of the molecule is CC(=O)C1=C(O)C(=O)N(c2ccc3[nH]cnc3c2)C1c1cc[nH]n1. The molecule has 0 spiro atoms. The van der Waals surface area contributed by atoms with Gasteiger partial charge >= 0.3 is 0 Å². The third-order valence-electron chi connectivity index (χ3n) is 4.07. The molecule has 0 aliphatic carbocycles. The molecule has 1 unspecified atom stereocenters. The molecule has 8 nitrogen and oxygen atoms in total. The summed E-state index contributed by atoms with van der Waals surface area (Å²) < 4.78 is 0. The lowest BCUT2D eigenvalue weighted by molar-refractivity contribution is -0.117. The molecule has 0 bridgehead atoms. The van der Waals surface area contributed by atoms with Crippen molar-refractivity contribution < 1.29 is 14.7 Å². The van der Waals surface area contributed by atoms with E-state index in [2.05, 4.69) is 20.2 Å². The Morgan fingerprint density at radius 2 is 2.17 bits per heavy atom. The van der Waals surface area contributed by atoms with Gasteiger partial charge < -0.3 is 10.1 Å². The Morgan fingerprint density at radius 3 is 2.88 bits per heavy atom. The minimum absolute atomic E-state index is 0.0363. The number of benzene rings is 1. The molecule has 3 heterocycles. The number of hydrogen-bond donors (Lipinski definition) is 3. The first-order valence-corrected chi connectivity index (χ1v) is 7.28. The van der Waals surface area contributed by atoms with E-state index in [4.69, 9.17) is 0 Å². The van der Waals surface area contributed by atoms with Crippen LogP contribution in [0.4, 0.5) is 5.69 Å². The number of aliphatic hydroxyl groups excluding tert-OH is 1. The van der Waals surface area contributed by atoms with E-state index in [1.807, 2.05) is 0 Å². The van der Waals surface area contributed by atoms with Crippen molar-refractivity contribution in [3.05, 3.63) is 53.8 Å². The quantitative estimate of drug-likeness (QED) is 0.679. The lowest BCUT2D eigenvalue weighted by atomic mass is 10.0. The minimum Gasteiger partial charge on any atom is -0.503 e. The number of carbonyl (C=O) groups is 2. The van der Waals surface area contributed by atoms with Crippen molar-refractivity contribution in [2.24, 2.45) is 0 Å². The molecule has 3 aromatic rings. The third kappa shape index (κ3) is 1.93. The number of aliphatic hydroxyl groups is 1. The highest BCUT2D eigenvalue weighted by molar-refractivity contribution is 6.16. The summed E-state index contributed by atoms with van der Waals surface area (Å²) in [4.78, 5) is 33.1. The molecule has 2 aromatic heterocycles. The van der Waals surface area contributed by atoms with Gasteiger partial charge in [0.15, 0.2) is 11.5 Å². The molecule has 0 saturated carbocycles. The maximum absolute atomic E-state index is 12.6. The van der Waals surface area contributed by atoms with E-state index in [1.165, 1.54) is 11.8 Å². The van der Waals surface area contributed by atoms with Crippen LogP contribution in [0.1, 0.15) is 18.7 Å². The Morgan fingerprint density at radius 1 is 1.33 bits per heavy atom. The van der Waals surface area contributed by atoms with E-state index < -0.39 is 17.7 Å². The number of ketones is 1. The molecular weight excluding hydrogens is 310 g/mol. The first-order chi connectivity index (χ1) is 11.6. The van der Waals surface area contributed by atoms with E-state index in [0.29, 0.717) is 16.9 Å². The van der Waals surface area contributed by atoms with Crippen molar-refractivity contribution >= 4 is 28.4 Å². The van der Waals surface area contributed by atoms with Crippen LogP contribution in [0.2, 0.25) is 0 Å². The van der Waals surface area contributed by atoms with Gasteiger partial charge in [-0.15, -0.1) is 0 Å². The summed E-state index contributed by atoms with van der Waals surface area (Å²) in [5.74, 6) is -1.56. The molecule has 3 N–H and O–H groups in total. The summed E-state index contributed by atoms with van der Waals surface area (Å²) in [6.07, 6.45) is 3.16. The minimum atomic E-state index is -0.780. The summed E-state index contributed by atoms with van der Waals surface area (Å²) in [5.41, 5.74) is 2.53. The van der Waals surface area contributed by atoms with E-state index >= 15 is 0 Å². The van der Waals surface area contributed by atoms with Gasteiger partial charge in [0, 0.05) is 11.9 Å². The average molecular weight is 323 g/mol. The van der Waals surface area contributed by atoms with E-state index in [0.717, 1.165) is 5.52 Å². The number of hydrogen-bond acceptors (Lipinski definition) is 5. The van der Waals surface area contributed by atoms with Gasteiger partial charge in [-0.3, -0.25) is 19.6 Å². The number of anilines is 1. The summed E-state index contributed by atoms with van der Waals surface area (Å²) in [7, 11) is 0. The predicted octanol–water partition coefficient (Wildman–Crippen LogP) is 1.77. The fourth-order valence-electron chi connectivity index (χ4n) is 3.01. The summed E-state index contributed by atoms with van der Waals surface area (Å²) >= 11 is 0. The molecule has 24 heavy (non-hydrogen) atoms. The van der Waals surface area contributed by atoms with Crippen LogP contribution < -0.4 is 4.90 Å². The number of carbonyl (C=O) groups excluding carboxylic acids is 2. The monoisotopic (exact) mass is 323 g/mol. The molecule has 1 atom stereocenters. The zero-order valence-corrected chi connectivity index (χ0v) is 12.6. The molecule has 0 saturated heterocycles. The summed E-state index contributed by atoms with van der Waals surface area (Å²) in [6.45, 7) is 1.32. The van der Waals surface area contributed by atoms with Crippen molar-refractivity contribution in [1.29, 1.82) is 0 Å². The van der Waals surface area contributed by atoms with Crippen molar-refractivity contribution in [3.63, 3.8) is 0 Å². The molecule has 4 rings (SSSR count). The molecule has 1 aliphatic rings. The fraction of sp³-hybridized carbons (Fsp3) is 0.125. The zero-order chi connectivity index (χ0) is 16.8. The number of aromatic nitrogens is 4. The Kier molecular flexibility index (Phi) is 2.99. The Hall–Kier alpha value is -3.42. The fourth-order valence-corrected chi connectivity index (χ4v) is 3.01. The number of H-pyrrole nitrogens is 2. The van der Waals surface area contributed by atoms with Crippen LogP contribution in [0, 0.1) is 0 Å². The number of rotatable bonds is 3. The highest BCUT2D eigenvalue weighted by atomic mass is 16.3. The number of imidazole rings is 1. The topological polar surface area (TPSA) is 115 Å². The second kappa shape index (κ2) is 5.05. The Balaban J connectivity index is 1.89. The molecule has 1 aliphatic heterocycles. The third-order valence-corrected chi connectivity index (χ3v) is 4.07. The highest BCUT2D eigenvalue weighted by Gasteiger charge is 2.44. The van der Waals surface area contributed by atoms with Crippen LogP contribution in [-0.2, 0) is 9.59 Å². The normalized spacial score (nSPS) is 18.0. The number of nitrogens with zero attached hydrogens (tertiary/aromatic N) is 3. The lowest BCUT2D eigenvalue weighted by Crippen LogP contribution is -2.31. The van der Waals surface area contributed by atoms with Crippen LogP contribution in [0.25, 0.3) is 11.0 Å². The van der Waals surface area contributed by atoms with Gasteiger partial charge in [-0.2, -0.15) is 5.10 Å². The lowest BCUT2D eigenvalue weighted by Gasteiger charge is -2.24. The largest absolute Gasteiger partial charge is 0.503 e. The van der Waals surface area contributed by atoms with Crippen molar-refractivity contribution in [2.45, 2.75) is 13.0 Å². The highest BCUT2D eigenvalue weighted by Crippen LogP contribution is 2.40. The second-order valence-electron chi connectivity index (χ2n) is 5.50. The van der Waals surface area contributed by atoms with Crippen LogP contribution in [-0.4, -0.2) is 37.0 Å². The van der Waals surface area contributed by atoms with Crippen LogP contribution in [0.5, 0.6) is 0 Å². The van der Waals surface area contributed by atoms with Gasteiger partial charge in [0.25, 0.3) is 5.91 Å². The number of Topliss-reactive ketones (excluding diaryl/α,β-unsaturated/α-hetero) is 1. The number of nitrogens with one attached hydrogen (secondary N) is 2. The van der Waals surface area contributed by atoms with E-state index in [1.54, 1.807) is 36.8 Å². The number of amides is 1. The van der Waals surface area contributed by atoms with Crippen molar-refractivity contribution in [2.75, 3.05) is 4.90 Å². The number of aromatic amines is 2. The maximum Gasteiger partial charge on any atom is 0.294 e. The van der Waals surface area contributed by atoms with Crippen LogP contribution in [0.3, 0.4) is 0 Å². The van der Waals surface area contributed by atoms with Crippen LogP contribution >= 0.6 is 0 Å². The summed E-state index contributed by atoms with van der Waals surface area (Å²) in [5, 5.41) is 17.0. The maximum atomic E-state index is 12.6. The first-order valence-electron chi connectivity index (χ1n) is 7.28. The smallest absolute Gasteiger partial charge is 0.294 e. The average Bonchev–Trinajstić information content (AvgIpc) is 3.27. The molecule has 0 radical (unpaired) electrons. The van der Waals surface area contributed by atoms with Gasteiger partial charge in [0.2, 0.25) is 0 Å².